The van der Waals surface area contributed by atoms with Gasteiger partial charge in [0.1, 0.15) is 17.0 Å². The van der Waals surface area contributed by atoms with E-state index in [1.165, 1.54) is 4.52 Å². The molecule has 0 radical (unpaired) electrons. The molecule has 0 aromatic carbocycles. The number of nitrogens with zero attached hydrogens (tertiary/aromatic N) is 10. The highest BCUT2D eigenvalue weighted by Crippen LogP contribution is 2.34. The Balaban J connectivity index is 1.32. The molecule has 1 saturated heterocycles. The van der Waals surface area contributed by atoms with Crippen molar-refractivity contribution in [1.29, 1.82) is 0 Å². The SMILES string of the molecule is Nc1nc2c(c(Cl)c(C(=O)O)n2CCN2CCN(c3ncccn3)CC2)c2nc(-c3ccccn3)nn12. The number of carboxylic acid groups (broad SMARTS) is 1. The summed E-state index contributed by atoms with van der Waals surface area (Å²) in [6.07, 6.45) is 5.09. The summed E-state index contributed by atoms with van der Waals surface area (Å²) in [5.74, 6) is -0.0422. The van der Waals surface area contributed by atoms with Crippen molar-refractivity contribution in [3.63, 3.8) is 0 Å². The third-order valence-corrected chi connectivity index (χ3v) is 6.76. The van der Waals surface area contributed by atoms with Crippen LogP contribution in [0.25, 0.3) is 28.2 Å². The van der Waals surface area contributed by atoms with Crippen LogP contribution in [0.2, 0.25) is 5.02 Å². The topological polar surface area (TPSA) is 156 Å². The maximum Gasteiger partial charge on any atom is 0.354 e. The molecule has 0 saturated carbocycles. The summed E-state index contributed by atoms with van der Waals surface area (Å²) in [6.45, 7) is 4.06. The van der Waals surface area contributed by atoms with Gasteiger partial charge in [-0.15, -0.1) is 5.10 Å². The molecule has 1 fully saturated rings. The predicted molar refractivity (Wildman–Crippen MR) is 137 cm³/mol. The summed E-state index contributed by atoms with van der Waals surface area (Å²) in [5, 5.41) is 14.9. The van der Waals surface area contributed by atoms with Crippen LogP contribution in [0.3, 0.4) is 0 Å². The molecule has 0 bridgehead atoms. The minimum Gasteiger partial charge on any atom is -0.477 e. The maximum absolute atomic E-state index is 12.3. The molecule has 0 atom stereocenters. The van der Waals surface area contributed by atoms with Gasteiger partial charge in [-0.25, -0.2) is 19.7 Å². The molecule has 6 heterocycles. The number of piperazine rings is 1. The quantitative estimate of drug-likeness (QED) is 0.336. The van der Waals surface area contributed by atoms with E-state index in [9.17, 15) is 9.90 Å². The molecule has 14 heteroatoms. The predicted octanol–water partition coefficient (Wildman–Crippen LogP) is 1.69. The fourth-order valence-electron chi connectivity index (χ4n) is 4.58. The second kappa shape index (κ2) is 9.26. The van der Waals surface area contributed by atoms with Crippen molar-refractivity contribution in [2.45, 2.75) is 6.54 Å². The van der Waals surface area contributed by atoms with Crippen molar-refractivity contribution < 1.29 is 9.90 Å². The molecular formula is C23H22ClN11O2. The second-order valence-corrected chi connectivity index (χ2v) is 8.93. The molecule has 0 aliphatic carbocycles. The number of rotatable bonds is 6. The number of carbonyl (C=O) groups is 1. The normalized spacial score (nSPS) is 14.6. The van der Waals surface area contributed by atoms with Gasteiger partial charge in [0.15, 0.2) is 5.65 Å². The van der Waals surface area contributed by atoms with E-state index in [1.807, 2.05) is 6.07 Å². The van der Waals surface area contributed by atoms with Crippen LogP contribution in [-0.4, -0.2) is 87.8 Å². The summed E-state index contributed by atoms with van der Waals surface area (Å²) in [5.41, 5.74) is 7.39. The summed E-state index contributed by atoms with van der Waals surface area (Å²) in [4.78, 5) is 38.6. The van der Waals surface area contributed by atoms with Gasteiger partial charge in [-0.2, -0.15) is 9.50 Å². The molecule has 0 amide bonds. The van der Waals surface area contributed by atoms with Gasteiger partial charge in [-0.3, -0.25) is 9.88 Å². The highest BCUT2D eigenvalue weighted by atomic mass is 35.5. The fourth-order valence-corrected chi connectivity index (χ4v) is 4.93. The standard InChI is InChI=1S/C23H22ClN11O2/c24-16-15-19(30-22(25)35-20(15)29-18(31-35)14-4-1-2-5-26-14)34(17(16)21(36)37)13-10-32-8-11-33(12-9-32)23-27-6-3-7-28-23/h1-7H,8-13H2,(H2,25,30)(H,36,37). The molecule has 0 spiro atoms. The van der Waals surface area contributed by atoms with Gasteiger partial charge in [0, 0.05) is 57.9 Å². The average molecular weight is 520 g/mol. The number of aromatic carboxylic acids is 1. The summed E-state index contributed by atoms with van der Waals surface area (Å²) in [6, 6.07) is 7.18. The van der Waals surface area contributed by atoms with Crippen LogP contribution in [0, 0.1) is 0 Å². The minimum atomic E-state index is -1.16. The number of nitrogens with two attached hydrogens (primary N) is 1. The van der Waals surface area contributed by atoms with Crippen molar-refractivity contribution >= 4 is 46.1 Å². The molecule has 6 rings (SSSR count). The van der Waals surface area contributed by atoms with E-state index in [2.05, 4.69) is 39.8 Å². The number of nitrogen functional groups attached to an aromatic ring is 1. The second-order valence-electron chi connectivity index (χ2n) is 8.55. The van der Waals surface area contributed by atoms with Crippen LogP contribution in [0.1, 0.15) is 10.5 Å². The number of halogens is 1. The van der Waals surface area contributed by atoms with E-state index in [0.717, 1.165) is 26.2 Å². The molecule has 13 nitrogen and oxygen atoms in total. The maximum atomic E-state index is 12.3. The number of carboxylic acids is 1. The molecule has 1 aliphatic rings. The number of hydrogen-bond acceptors (Lipinski definition) is 10. The fraction of sp³-hybridized carbons (Fsp3) is 0.261. The summed E-state index contributed by atoms with van der Waals surface area (Å²) in [7, 11) is 0. The Labute approximate surface area is 215 Å². The number of aromatic nitrogens is 8. The monoisotopic (exact) mass is 519 g/mol. The lowest BCUT2D eigenvalue weighted by molar-refractivity contribution is 0.0684. The molecule has 188 valence electrons. The highest BCUT2D eigenvalue weighted by Gasteiger charge is 2.28. The van der Waals surface area contributed by atoms with Gasteiger partial charge in [-0.05, 0) is 18.2 Å². The number of anilines is 2. The molecule has 3 N–H and O–H groups in total. The largest absolute Gasteiger partial charge is 0.477 e. The third kappa shape index (κ3) is 4.07. The lowest BCUT2D eigenvalue weighted by Crippen LogP contribution is -2.47. The van der Waals surface area contributed by atoms with Gasteiger partial charge < -0.3 is 20.3 Å². The van der Waals surface area contributed by atoms with Crippen LogP contribution in [0.15, 0.2) is 42.9 Å². The van der Waals surface area contributed by atoms with E-state index >= 15 is 0 Å². The lowest BCUT2D eigenvalue weighted by Gasteiger charge is -2.34. The third-order valence-electron chi connectivity index (χ3n) is 6.39. The van der Waals surface area contributed by atoms with Crippen molar-refractivity contribution in [2.75, 3.05) is 43.4 Å². The van der Waals surface area contributed by atoms with Gasteiger partial charge in [-0.1, -0.05) is 17.7 Å². The Kier molecular flexibility index (Phi) is 5.77. The first-order chi connectivity index (χ1) is 18.0. The van der Waals surface area contributed by atoms with E-state index in [-0.39, 0.29) is 16.7 Å². The van der Waals surface area contributed by atoms with Gasteiger partial charge in [0.05, 0.1) is 10.4 Å². The Morgan fingerprint density at radius 1 is 0.973 bits per heavy atom. The van der Waals surface area contributed by atoms with Crippen molar-refractivity contribution in [3.05, 3.63) is 53.6 Å². The Morgan fingerprint density at radius 2 is 1.73 bits per heavy atom. The minimum absolute atomic E-state index is 0.0472. The van der Waals surface area contributed by atoms with Crippen LogP contribution >= 0.6 is 11.6 Å². The number of fused-ring (bicyclic) bond motifs is 3. The zero-order valence-corrected chi connectivity index (χ0v) is 20.3. The van der Waals surface area contributed by atoms with Crippen LogP contribution in [-0.2, 0) is 6.54 Å². The van der Waals surface area contributed by atoms with E-state index in [0.29, 0.717) is 47.2 Å². The van der Waals surface area contributed by atoms with Crippen LogP contribution < -0.4 is 10.6 Å². The van der Waals surface area contributed by atoms with Crippen molar-refractivity contribution in [2.24, 2.45) is 0 Å². The van der Waals surface area contributed by atoms with E-state index in [4.69, 9.17) is 17.3 Å². The molecule has 5 aromatic heterocycles. The summed E-state index contributed by atoms with van der Waals surface area (Å²) < 4.78 is 2.96. The molecule has 5 aromatic rings. The van der Waals surface area contributed by atoms with Crippen molar-refractivity contribution in [3.8, 4) is 11.5 Å². The van der Waals surface area contributed by atoms with Gasteiger partial charge in [0.25, 0.3) is 0 Å². The zero-order valence-electron chi connectivity index (χ0n) is 19.6. The number of hydrogen-bond donors (Lipinski definition) is 2. The molecule has 37 heavy (non-hydrogen) atoms. The molecule has 1 aliphatic heterocycles. The van der Waals surface area contributed by atoms with Gasteiger partial charge >= 0.3 is 5.97 Å². The van der Waals surface area contributed by atoms with Crippen molar-refractivity contribution in [1.82, 2.24) is 44.0 Å². The Morgan fingerprint density at radius 3 is 2.43 bits per heavy atom. The van der Waals surface area contributed by atoms with E-state index < -0.39 is 5.97 Å². The lowest BCUT2D eigenvalue weighted by atomic mass is 10.3. The zero-order chi connectivity index (χ0) is 25.5. The average Bonchev–Trinajstić information content (AvgIpc) is 3.48. The first-order valence-electron chi connectivity index (χ1n) is 11.6. The first kappa shape index (κ1) is 23.1. The van der Waals surface area contributed by atoms with Crippen LogP contribution in [0.5, 0.6) is 0 Å². The molecular weight excluding hydrogens is 498 g/mol. The highest BCUT2D eigenvalue weighted by molar-refractivity contribution is 6.39. The smallest absolute Gasteiger partial charge is 0.354 e. The Hall–Kier alpha value is -4.36. The van der Waals surface area contributed by atoms with E-state index in [1.54, 1.807) is 41.4 Å². The molecule has 0 unspecified atom stereocenters. The number of pyridine rings is 1. The van der Waals surface area contributed by atoms with Crippen LogP contribution in [0.4, 0.5) is 11.9 Å². The summed E-state index contributed by atoms with van der Waals surface area (Å²) >= 11 is 6.64. The Bertz CT molecular complexity index is 1600. The first-order valence-corrected chi connectivity index (χ1v) is 12.0. The van der Waals surface area contributed by atoms with Gasteiger partial charge in [0.2, 0.25) is 17.7 Å².